The minimum absolute atomic E-state index is 0.310. The number of nitrogens with two attached hydrogens (primary N) is 1. The summed E-state index contributed by atoms with van der Waals surface area (Å²) in [7, 11) is 4.01. The van der Waals surface area contributed by atoms with Gasteiger partial charge in [-0.25, -0.2) is 4.39 Å². The van der Waals surface area contributed by atoms with Gasteiger partial charge in [0.1, 0.15) is 5.82 Å². The van der Waals surface area contributed by atoms with Gasteiger partial charge in [0.2, 0.25) is 0 Å². The standard InChI is InChI=1S/C11H18FN3/c1-8(15(2)3)7-14-11-5-9(12)4-10(13)6-11/h4-6,8,14H,7,13H2,1-3H3. The third-order valence-electron chi connectivity index (χ3n) is 2.40. The van der Waals surface area contributed by atoms with Crippen molar-refractivity contribution in [2.24, 2.45) is 0 Å². The van der Waals surface area contributed by atoms with Crippen LogP contribution in [-0.2, 0) is 0 Å². The molecule has 0 heterocycles. The molecule has 1 atom stereocenters. The van der Waals surface area contributed by atoms with Gasteiger partial charge in [-0.05, 0) is 39.2 Å². The van der Waals surface area contributed by atoms with Crippen LogP contribution in [0.25, 0.3) is 0 Å². The zero-order chi connectivity index (χ0) is 11.4. The van der Waals surface area contributed by atoms with Gasteiger partial charge in [-0.15, -0.1) is 0 Å². The Bertz CT molecular complexity index is 305. The van der Waals surface area contributed by atoms with Crippen molar-refractivity contribution in [2.75, 3.05) is 31.7 Å². The molecule has 0 saturated carbocycles. The van der Waals surface area contributed by atoms with E-state index in [9.17, 15) is 4.39 Å². The summed E-state index contributed by atoms with van der Waals surface area (Å²) in [6, 6.07) is 4.86. The number of hydrogen-bond donors (Lipinski definition) is 2. The Morgan fingerprint density at radius 2 is 2.07 bits per heavy atom. The van der Waals surface area contributed by atoms with Crippen LogP contribution in [-0.4, -0.2) is 31.6 Å². The van der Waals surface area contributed by atoms with Crippen LogP contribution in [0.1, 0.15) is 6.92 Å². The Hall–Kier alpha value is -1.29. The third kappa shape index (κ3) is 3.75. The molecular formula is C11H18FN3. The molecule has 0 radical (unpaired) electrons. The zero-order valence-electron chi connectivity index (χ0n) is 9.42. The summed E-state index contributed by atoms with van der Waals surface area (Å²) in [6.07, 6.45) is 0. The van der Waals surface area contributed by atoms with Gasteiger partial charge >= 0.3 is 0 Å². The zero-order valence-corrected chi connectivity index (χ0v) is 9.42. The van der Waals surface area contributed by atoms with Crippen LogP contribution < -0.4 is 11.1 Å². The molecule has 3 nitrogen and oxygen atoms in total. The Morgan fingerprint density at radius 3 is 2.60 bits per heavy atom. The molecule has 0 aliphatic carbocycles. The van der Waals surface area contributed by atoms with Crippen LogP contribution in [0.3, 0.4) is 0 Å². The van der Waals surface area contributed by atoms with E-state index in [1.165, 1.54) is 12.1 Å². The quantitative estimate of drug-likeness (QED) is 0.746. The number of hydrogen-bond acceptors (Lipinski definition) is 3. The van der Waals surface area contributed by atoms with Crippen molar-refractivity contribution >= 4 is 11.4 Å². The van der Waals surface area contributed by atoms with E-state index in [2.05, 4.69) is 17.1 Å². The molecule has 0 fully saturated rings. The summed E-state index contributed by atoms with van der Waals surface area (Å²) in [5, 5.41) is 3.15. The lowest BCUT2D eigenvalue weighted by Gasteiger charge is -2.20. The molecule has 15 heavy (non-hydrogen) atoms. The Balaban J connectivity index is 2.57. The number of nitrogen functional groups attached to an aromatic ring is 1. The smallest absolute Gasteiger partial charge is 0.127 e. The second kappa shape index (κ2) is 4.98. The lowest BCUT2D eigenvalue weighted by molar-refractivity contribution is 0.326. The molecule has 0 amide bonds. The maximum Gasteiger partial charge on any atom is 0.127 e. The van der Waals surface area contributed by atoms with Crippen molar-refractivity contribution in [3.63, 3.8) is 0 Å². The van der Waals surface area contributed by atoms with Crippen molar-refractivity contribution in [1.82, 2.24) is 4.90 Å². The summed E-state index contributed by atoms with van der Waals surface area (Å²) in [5.41, 5.74) is 6.70. The molecule has 1 rings (SSSR count). The number of nitrogens with one attached hydrogen (secondary N) is 1. The van der Waals surface area contributed by atoms with E-state index in [0.717, 1.165) is 12.2 Å². The van der Waals surface area contributed by atoms with Crippen molar-refractivity contribution in [3.8, 4) is 0 Å². The number of anilines is 2. The van der Waals surface area contributed by atoms with Crippen molar-refractivity contribution in [2.45, 2.75) is 13.0 Å². The lowest BCUT2D eigenvalue weighted by Crippen LogP contribution is -2.31. The van der Waals surface area contributed by atoms with E-state index >= 15 is 0 Å². The monoisotopic (exact) mass is 211 g/mol. The van der Waals surface area contributed by atoms with Crippen molar-refractivity contribution in [3.05, 3.63) is 24.0 Å². The molecule has 0 bridgehead atoms. The van der Waals surface area contributed by atoms with E-state index < -0.39 is 0 Å². The number of nitrogens with zero attached hydrogens (tertiary/aromatic N) is 1. The molecule has 0 saturated heterocycles. The normalized spacial score (nSPS) is 12.9. The van der Waals surface area contributed by atoms with Gasteiger partial charge in [-0.1, -0.05) is 0 Å². The summed E-state index contributed by atoms with van der Waals surface area (Å²) in [5.74, 6) is -0.310. The summed E-state index contributed by atoms with van der Waals surface area (Å²) in [6.45, 7) is 2.85. The van der Waals surface area contributed by atoms with E-state index in [-0.39, 0.29) is 5.82 Å². The highest BCUT2D eigenvalue weighted by atomic mass is 19.1. The summed E-state index contributed by atoms with van der Waals surface area (Å²) in [4.78, 5) is 2.09. The Labute approximate surface area is 90.1 Å². The van der Waals surface area contributed by atoms with Crippen LogP contribution in [0.15, 0.2) is 18.2 Å². The number of rotatable bonds is 4. The van der Waals surface area contributed by atoms with Gasteiger partial charge in [-0.3, -0.25) is 0 Å². The maximum absolute atomic E-state index is 13.0. The largest absolute Gasteiger partial charge is 0.399 e. The first-order valence-corrected chi connectivity index (χ1v) is 4.95. The van der Waals surface area contributed by atoms with Crippen LogP contribution in [0.4, 0.5) is 15.8 Å². The van der Waals surface area contributed by atoms with Gasteiger partial charge in [0, 0.05) is 24.0 Å². The van der Waals surface area contributed by atoms with E-state index in [1.807, 2.05) is 14.1 Å². The second-order valence-electron chi connectivity index (χ2n) is 3.97. The highest BCUT2D eigenvalue weighted by Crippen LogP contribution is 2.15. The average molecular weight is 211 g/mol. The lowest BCUT2D eigenvalue weighted by atomic mass is 10.2. The molecule has 1 aromatic carbocycles. The van der Waals surface area contributed by atoms with Crippen LogP contribution in [0.2, 0.25) is 0 Å². The van der Waals surface area contributed by atoms with Crippen LogP contribution >= 0.6 is 0 Å². The topological polar surface area (TPSA) is 41.3 Å². The molecule has 0 aliphatic heterocycles. The predicted octanol–water partition coefficient (Wildman–Crippen LogP) is 1.77. The average Bonchev–Trinajstić information content (AvgIpc) is 2.12. The number of benzene rings is 1. The highest BCUT2D eigenvalue weighted by Gasteiger charge is 2.04. The predicted molar refractivity (Wildman–Crippen MR) is 62.5 cm³/mol. The number of halogens is 1. The van der Waals surface area contributed by atoms with Gasteiger partial charge < -0.3 is 16.0 Å². The first-order chi connectivity index (χ1) is 6.99. The second-order valence-corrected chi connectivity index (χ2v) is 3.97. The molecule has 3 N–H and O–H groups in total. The fraction of sp³-hybridized carbons (Fsp3) is 0.455. The van der Waals surface area contributed by atoms with E-state index in [0.29, 0.717) is 11.7 Å². The summed E-state index contributed by atoms with van der Waals surface area (Å²) < 4.78 is 13.0. The molecule has 1 aromatic rings. The number of likely N-dealkylation sites (N-methyl/N-ethyl adjacent to an activating group) is 1. The Kier molecular flexibility index (Phi) is 3.91. The molecule has 0 aliphatic rings. The highest BCUT2D eigenvalue weighted by molar-refractivity contribution is 5.54. The minimum Gasteiger partial charge on any atom is -0.399 e. The van der Waals surface area contributed by atoms with E-state index in [4.69, 9.17) is 5.73 Å². The van der Waals surface area contributed by atoms with Crippen LogP contribution in [0, 0.1) is 5.82 Å². The van der Waals surface area contributed by atoms with E-state index in [1.54, 1.807) is 6.07 Å². The van der Waals surface area contributed by atoms with Gasteiger partial charge in [0.15, 0.2) is 0 Å². The first-order valence-electron chi connectivity index (χ1n) is 4.95. The molecule has 4 heteroatoms. The molecule has 84 valence electrons. The molecule has 1 unspecified atom stereocenters. The van der Waals surface area contributed by atoms with Gasteiger partial charge in [0.25, 0.3) is 0 Å². The van der Waals surface area contributed by atoms with Crippen molar-refractivity contribution < 1.29 is 4.39 Å². The fourth-order valence-electron chi connectivity index (χ4n) is 1.16. The molecule has 0 aromatic heterocycles. The Morgan fingerprint density at radius 1 is 1.40 bits per heavy atom. The summed E-state index contributed by atoms with van der Waals surface area (Å²) >= 11 is 0. The maximum atomic E-state index is 13.0. The van der Waals surface area contributed by atoms with Crippen molar-refractivity contribution in [1.29, 1.82) is 0 Å². The third-order valence-corrected chi connectivity index (χ3v) is 2.40. The SMILES string of the molecule is CC(CNc1cc(N)cc(F)c1)N(C)C. The van der Waals surface area contributed by atoms with Gasteiger partial charge in [-0.2, -0.15) is 0 Å². The molecular weight excluding hydrogens is 193 g/mol. The fourth-order valence-corrected chi connectivity index (χ4v) is 1.16. The minimum atomic E-state index is -0.310. The van der Waals surface area contributed by atoms with Crippen LogP contribution in [0.5, 0.6) is 0 Å². The molecule has 0 spiro atoms. The first kappa shape index (κ1) is 11.8. The van der Waals surface area contributed by atoms with Gasteiger partial charge in [0.05, 0.1) is 0 Å².